The Hall–Kier alpha value is -1.80. The zero-order valence-electron chi connectivity index (χ0n) is 7.62. The molecule has 1 aromatic heterocycles. The molecule has 0 bridgehead atoms. The van der Waals surface area contributed by atoms with Gasteiger partial charge in [0.15, 0.2) is 5.69 Å². The molecule has 67 valence electrons. The van der Waals surface area contributed by atoms with Crippen molar-refractivity contribution in [2.45, 2.75) is 0 Å². The van der Waals surface area contributed by atoms with Gasteiger partial charge in [-0.25, -0.2) is 0 Å². The maximum absolute atomic E-state index is 5.76. The molecule has 3 N–H and O–H groups in total. The molecule has 0 unspecified atom stereocenters. The third kappa shape index (κ3) is 0.947. The molecule has 0 aliphatic rings. The summed E-state index contributed by atoms with van der Waals surface area (Å²) in [6, 6.07) is 14.2. The van der Waals surface area contributed by atoms with Crippen LogP contribution in [-0.4, -0.2) is 4.98 Å². The fourth-order valence-electron chi connectivity index (χ4n) is 1.87. The van der Waals surface area contributed by atoms with Gasteiger partial charge in [-0.1, -0.05) is 18.2 Å². The normalized spacial score (nSPS) is 11.2. The van der Waals surface area contributed by atoms with E-state index in [2.05, 4.69) is 17.1 Å². The first-order chi connectivity index (χ1) is 6.84. The van der Waals surface area contributed by atoms with Gasteiger partial charge in [0.2, 0.25) is 0 Å². The van der Waals surface area contributed by atoms with Crippen LogP contribution >= 0.6 is 0 Å². The molecule has 0 aliphatic heterocycles. The maximum atomic E-state index is 5.76. The van der Waals surface area contributed by atoms with Crippen LogP contribution < -0.4 is 5.73 Å². The van der Waals surface area contributed by atoms with Crippen LogP contribution in [0.3, 0.4) is 0 Å². The third-order valence-corrected chi connectivity index (χ3v) is 2.53. The molecule has 1 radical (unpaired) electrons. The van der Waals surface area contributed by atoms with E-state index in [1.807, 2.05) is 30.3 Å². The van der Waals surface area contributed by atoms with Crippen molar-refractivity contribution >= 4 is 27.5 Å². The Morgan fingerprint density at radius 2 is 1.64 bits per heavy atom. The molecule has 0 saturated carbocycles. The highest BCUT2D eigenvalue weighted by Crippen LogP contribution is 2.25. The quantitative estimate of drug-likeness (QED) is 0.499. The summed E-state index contributed by atoms with van der Waals surface area (Å²) >= 11 is 0. The molecular weight excluding hydrogens is 172 g/mol. The largest absolute Gasteiger partial charge is 0.355 e. The van der Waals surface area contributed by atoms with Gasteiger partial charge >= 0.3 is 0 Å². The average Bonchev–Trinajstić information content (AvgIpc) is 2.56. The van der Waals surface area contributed by atoms with E-state index in [4.69, 9.17) is 5.73 Å². The van der Waals surface area contributed by atoms with Crippen LogP contribution in [0.5, 0.6) is 0 Å². The zero-order chi connectivity index (χ0) is 9.54. The number of anilines is 1. The molecule has 14 heavy (non-hydrogen) atoms. The number of para-hydroxylation sites is 1. The number of H-pyrrole nitrogens is 1. The van der Waals surface area contributed by atoms with E-state index in [1.165, 1.54) is 10.8 Å². The SMILES string of the molecule is [NH2+]c1ccc2[nH]c3ccccc3c2c1. The molecule has 0 amide bonds. The first kappa shape index (κ1) is 7.59. The summed E-state index contributed by atoms with van der Waals surface area (Å²) in [4.78, 5) is 3.35. The Morgan fingerprint density at radius 3 is 2.57 bits per heavy atom. The molecule has 0 atom stereocenters. The number of aromatic amines is 1. The highest BCUT2D eigenvalue weighted by molar-refractivity contribution is 6.07. The lowest BCUT2D eigenvalue weighted by Crippen LogP contribution is -2.39. The summed E-state index contributed by atoms with van der Waals surface area (Å²) in [5.74, 6) is 0. The standard InChI is InChI=1S/C12H10N2/c13-8-5-6-12-10(7-8)9-3-1-2-4-11(9)14-12/h1-7,14H,13H2/q+1. The van der Waals surface area contributed by atoms with E-state index >= 15 is 0 Å². The van der Waals surface area contributed by atoms with E-state index < -0.39 is 0 Å². The second-order valence-corrected chi connectivity index (χ2v) is 3.48. The van der Waals surface area contributed by atoms with Crippen molar-refractivity contribution in [3.8, 4) is 0 Å². The predicted molar refractivity (Wildman–Crippen MR) is 57.4 cm³/mol. The van der Waals surface area contributed by atoms with Gasteiger partial charge in [0.25, 0.3) is 0 Å². The molecule has 2 nitrogen and oxygen atoms in total. The minimum Gasteiger partial charge on any atom is -0.355 e. The Labute approximate surface area is 81.3 Å². The van der Waals surface area contributed by atoms with Crippen molar-refractivity contribution in [1.29, 1.82) is 0 Å². The summed E-state index contributed by atoms with van der Waals surface area (Å²) in [6.45, 7) is 0. The summed E-state index contributed by atoms with van der Waals surface area (Å²) in [5, 5.41) is 2.43. The number of benzene rings is 2. The highest BCUT2D eigenvalue weighted by atomic mass is 14.7. The molecule has 2 heteroatoms. The van der Waals surface area contributed by atoms with Crippen molar-refractivity contribution in [2.24, 2.45) is 0 Å². The van der Waals surface area contributed by atoms with Gasteiger partial charge < -0.3 is 4.98 Å². The number of nitrogens with one attached hydrogen (secondary N) is 1. The lowest BCUT2D eigenvalue weighted by atomic mass is 10.1. The number of nitrogen functional groups attached to an aromatic ring is 1. The van der Waals surface area contributed by atoms with Crippen LogP contribution in [0.25, 0.3) is 21.8 Å². The van der Waals surface area contributed by atoms with E-state index in [0.717, 1.165) is 16.7 Å². The molecule has 3 rings (SSSR count). The molecule has 1 heterocycles. The Kier molecular flexibility index (Phi) is 1.41. The zero-order valence-corrected chi connectivity index (χ0v) is 7.62. The number of hydrogen-bond acceptors (Lipinski definition) is 1. The summed E-state index contributed by atoms with van der Waals surface area (Å²) in [7, 11) is 0. The number of fused-ring (bicyclic) bond motifs is 3. The average molecular weight is 182 g/mol. The minimum atomic E-state index is 0.808. The van der Waals surface area contributed by atoms with Gasteiger partial charge in [-0.15, -0.1) is 0 Å². The molecule has 0 saturated heterocycles. The summed E-state index contributed by atoms with van der Waals surface area (Å²) in [5.41, 5.74) is 8.87. The second-order valence-electron chi connectivity index (χ2n) is 3.48. The van der Waals surface area contributed by atoms with Crippen LogP contribution in [0, 0.1) is 0 Å². The molecule has 0 fully saturated rings. The Balaban J connectivity index is 2.58. The van der Waals surface area contributed by atoms with Crippen molar-refractivity contribution in [1.82, 2.24) is 4.98 Å². The molecular formula is C12H10N2+. The molecule has 0 spiro atoms. The topological polar surface area (TPSA) is 41.1 Å². The Bertz CT molecular complexity index is 608. The maximum Gasteiger partial charge on any atom is 0.177 e. The third-order valence-electron chi connectivity index (χ3n) is 2.53. The van der Waals surface area contributed by atoms with E-state index in [1.54, 1.807) is 0 Å². The van der Waals surface area contributed by atoms with Gasteiger partial charge in [0.1, 0.15) is 0 Å². The van der Waals surface area contributed by atoms with Crippen molar-refractivity contribution in [2.75, 3.05) is 0 Å². The lowest BCUT2D eigenvalue weighted by molar-refractivity contribution is -0.254. The van der Waals surface area contributed by atoms with Crippen molar-refractivity contribution < 1.29 is 5.73 Å². The van der Waals surface area contributed by atoms with E-state index in [0.29, 0.717) is 0 Å². The minimum absolute atomic E-state index is 0.808. The fourth-order valence-corrected chi connectivity index (χ4v) is 1.87. The van der Waals surface area contributed by atoms with Crippen LogP contribution in [0.2, 0.25) is 0 Å². The number of rotatable bonds is 0. The summed E-state index contributed by atoms with van der Waals surface area (Å²) < 4.78 is 0. The van der Waals surface area contributed by atoms with Crippen molar-refractivity contribution in [3.63, 3.8) is 0 Å². The number of aromatic nitrogens is 1. The van der Waals surface area contributed by atoms with Crippen LogP contribution in [-0.2, 0) is 0 Å². The fraction of sp³-hybridized carbons (Fsp3) is 0. The Morgan fingerprint density at radius 1 is 0.857 bits per heavy atom. The smallest absolute Gasteiger partial charge is 0.177 e. The van der Waals surface area contributed by atoms with Gasteiger partial charge in [0, 0.05) is 33.9 Å². The van der Waals surface area contributed by atoms with Crippen LogP contribution in [0.1, 0.15) is 0 Å². The molecule has 0 aliphatic carbocycles. The summed E-state index contributed by atoms with van der Waals surface area (Å²) in [6.07, 6.45) is 0. The van der Waals surface area contributed by atoms with Gasteiger partial charge in [-0.3, -0.25) is 0 Å². The van der Waals surface area contributed by atoms with Crippen LogP contribution in [0.4, 0.5) is 5.69 Å². The number of hydrogen-bond donors (Lipinski definition) is 2. The monoisotopic (exact) mass is 182 g/mol. The van der Waals surface area contributed by atoms with Crippen LogP contribution in [0.15, 0.2) is 42.5 Å². The first-order valence-electron chi connectivity index (χ1n) is 4.60. The highest BCUT2D eigenvalue weighted by Gasteiger charge is 2.04. The predicted octanol–water partition coefficient (Wildman–Crippen LogP) is 1.98. The van der Waals surface area contributed by atoms with Gasteiger partial charge in [-0.2, -0.15) is 5.73 Å². The van der Waals surface area contributed by atoms with Gasteiger partial charge in [0.05, 0.1) is 0 Å². The molecule has 2 aromatic carbocycles. The first-order valence-corrected chi connectivity index (χ1v) is 4.60. The lowest BCUT2D eigenvalue weighted by Gasteiger charge is -1.88. The number of nitrogens with two attached hydrogens (primary N) is 1. The second kappa shape index (κ2) is 2.59. The van der Waals surface area contributed by atoms with Crippen molar-refractivity contribution in [3.05, 3.63) is 42.5 Å². The van der Waals surface area contributed by atoms with Gasteiger partial charge in [-0.05, 0) is 12.1 Å². The molecule has 3 aromatic rings. The van der Waals surface area contributed by atoms with E-state index in [-0.39, 0.29) is 0 Å². The van der Waals surface area contributed by atoms with E-state index in [9.17, 15) is 0 Å².